The van der Waals surface area contributed by atoms with E-state index in [0.29, 0.717) is 29.0 Å². The van der Waals surface area contributed by atoms with Crippen molar-refractivity contribution in [3.05, 3.63) is 59.6 Å². The molecule has 6 heteroatoms. The van der Waals surface area contributed by atoms with Crippen LogP contribution in [-0.4, -0.2) is 31.4 Å². The van der Waals surface area contributed by atoms with Gasteiger partial charge >= 0.3 is 5.97 Å². The number of rotatable bonds is 6. The first kappa shape index (κ1) is 19.5. The van der Waals surface area contributed by atoms with E-state index in [-0.39, 0.29) is 6.61 Å². The second-order valence-corrected chi connectivity index (χ2v) is 6.07. The number of pyridine rings is 1. The monoisotopic (exact) mass is 380 g/mol. The van der Waals surface area contributed by atoms with Crippen LogP contribution in [0.2, 0.25) is 0 Å². The van der Waals surface area contributed by atoms with Crippen LogP contribution in [0.25, 0.3) is 10.9 Å². The van der Waals surface area contributed by atoms with Gasteiger partial charge in [-0.25, -0.2) is 9.79 Å². The highest BCUT2D eigenvalue weighted by Crippen LogP contribution is 2.30. The molecule has 28 heavy (non-hydrogen) atoms. The van der Waals surface area contributed by atoms with Gasteiger partial charge in [0.1, 0.15) is 17.1 Å². The maximum absolute atomic E-state index is 12.7. The SMILES string of the molecule is CCOC(=O)c1cn(CC)c2c(OC)cc(OC)cc2c1=Nc1ccccc1. The number of hydrogen-bond donors (Lipinski definition) is 0. The number of nitrogens with zero attached hydrogens (tertiary/aromatic N) is 2. The van der Waals surface area contributed by atoms with E-state index >= 15 is 0 Å². The van der Waals surface area contributed by atoms with Crippen LogP contribution in [-0.2, 0) is 11.3 Å². The Morgan fingerprint density at radius 2 is 1.82 bits per heavy atom. The van der Waals surface area contributed by atoms with Crippen molar-refractivity contribution >= 4 is 22.6 Å². The Hall–Kier alpha value is -3.28. The predicted octanol–water partition coefficient (Wildman–Crippen LogP) is 4.09. The van der Waals surface area contributed by atoms with Crippen molar-refractivity contribution in [2.45, 2.75) is 20.4 Å². The van der Waals surface area contributed by atoms with Crippen molar-refractivity contribution in [2.24, 2.45) is 4.99 Å². The summed E-state index contributed by atoms with van der Waals surface area (Å²) < 4.78 is 18.3. The van der Waals surface area contributed by atoms with Crippen molar-refractivity contribution < 1.29 is 19.0 Å². The van der Waals surface area contributed by atoms with Crippen molar-refractivity contribution in [2.75, 3.05) is 20.8 Å². The van der Waals surface area contributed by atoms with Gasteiger partial charge in [0.2, 0.25) is 0 Å². The van der Waals surface area contributed by atoms with E-state index in [1.165, 1.54) is 0 Å². The van der Waals surface area contributed by atoms with Crippen molar-refractivity contribution in [1.82, 2.24) is 4.57 Å². The number of ether oxygens (including phenoxy) is 3. The van der Waals surface area contributed by atoms with Crippen LogP contribution in [0.3, 0.4) is 0 Å². The van der Waals surface area contributed by atoms with Crippen LogP contribution in [0, 0.1) is 0 Å². The van der Waals surface area contributed by atoms with E-state index in [0.717, 1.165) is 16.6 Å². The number of hydrogen-bond acceptors (Lipinski definition) is 5. The molecule has 0 radical (unpaired) electrons. The van der Waals surface area contributed by atoms with Crippen LogP contribution >= 0.6 is 0 Å². The zero-order valence-corrected chi connectivity index (χ0v) is 16.6. The largest absolute Gasteiger partial charge is 0.497 e. The van der Waals surface area contributed by atoms with Crippen LogP contribution in [0.5, 0.6) is 11.5 Å². The Kier molecular flexibility index (Phi) is 5.99. The number of aryl methyl sites for hydroxylation is 1. The van der Waals surface area contributed by atoms with Crippen molar-refractivity contribution in [3.63, 3.8) is 0 Å². The van der Waals surface area contributed by atoms with Crippen LogP contribution in [0.4, 0.5) is 5.69 Å². The van der Waals surface area contributed by atoms with Gasteiger partial charge < -0.3 is 18.8 Å². The number of carbonyl (C=O) groups is 1. The Bertz CT molecular complexity index is 1060. The second-order valence-electron chi connectivity index (χ2n) is 6.07. The number of fused-ring (bicyclic) bond motifs is 1. The molecule has 0 N–H and O–H groups in total. The minimum atomic E-state index is -0.414. The van der Waals surface area contributed by atoms with Gasteiger partial charge in [-0.15, -0.1) is 0 Å². The summed E-state index contributed by atoms with van der Waals surface area (Å²) in [6.07, 6.45) is 1.77. The average Bonchev–Trinajstić information content (AvgIpc) is 2.73. The van der Waals surface area contributed by atoms with Gasteiger partial charge in [0.05, 0.1) is 37.4 Å². The summed E-state index contributed by atoms with van der Waals surface area (Å²) in [6, 6.07) is 13.2. The molecular weight excluding hydrogens is 356 g/mol. The Labute approximate surface area is 164 Å². The molecule has 146 valence electrons. The lowest BCUT2D eigenvalue weighted by Crippen LogP contribution is -2.22. The molecule has 0 amide bonds. The van der Waals surface area contributed by atoms with Crippen LogP contribution in [0.1, 0.15) is 24.2 Å². The highest BCUT2D eigenvalue weighted by Gasteiger charge is 2.18. The third kappa shape index (κ3) is 3.71. The third-order valence-electron chi connectivity index (χ3n) is 4.42. The summed E-state index contributed by atoms with van der Waals surface area (Å²) in [6.45, 7) is 4.73. The predicted molar refractivity (Wildman–Crippen MR) is 108 cm³/mol. The number of benzene rings is 2. The smallest absolute Gasteiger partial charge is 0.341 e. The standard InChI is InChI=1S/C22H24N2O4/c1-5-24-14-18(22(25)28-6-2)20(23-15-10-8-7-9-11-15)17-12-16(26-3)13-19(27-4)21(17)24/h7-14H,5-6H2,1-4H3. The molecule has 0 aliphatic heterocycles. The molecule has 6 nitrogen and oxygen atoms in total. The molecule has 1 heterocycles. The lowest BCUT2D eigenvalue weighted by Gasteiger charge is -2.17. The van der Waals surface area contributed by atoms with E-state index in [2.05, 4.69) is 0 Å². The summed E-state index contributed by atoms with van der Waals surface area (Å²) in [4.78, 5) is 17.5. The molecule has 0 bridgehead atoms. The molecule has 3 aromatic rings. The van der Waals surface area contributed by atoms with E-state index in [1.54, 1.807) is 27.3 Å². The fraction of sp³-hybridized carbons (Fsp3) is 0.273. The summed E-state index contributed by atoms with van der Waals surface area (Å²) in [5, 5.41) is 1.29. The van der Waals surface area contributed by atoms with E-state index < -0.39 is 5.97 Å². The molecule has 0 aliphatic rings. The summed E-state index contributed by atoms with van der Waals surface area (Å²) in [5.41, 5.74) is 1.98. The van der Waals surface area contributed by atoms with Crippen molar-refractivity contribution in [1.29, 1.82) is 0 Å². The first-order valence-electron chi connectivity index (χ1n) is 9.19. The normalized spacial score (nSPS) is 11.5. The summed E-state index contributed by atoms with van der Waals surface area (Å²) in [5.74, 6) is 0.858. The zero-order chi connectivity index (χ0) is 20.1. The number of aromatic nitrogens is 1. The molecule has 0 spiro atoms. The average molecular weight is 380 g/mol. The van der Waals surface area contributed by atoms with E-state index in [9.17, 15) is 4.79 Å². The maximum atomic E-state index is 12.7. The molecule has 0 atom stereocenters. The molecule has 0 saturated carbocycles. The molecule has 0 fully saturated rings. The highest BCUT2D eigenvalue weighted by molar-refractivity contribution is 5.96. The third-order valence-corrected chi connectivity index (χ3v) is 4.42. The topological polar surface area (TPSA) is 62.0 Å². The van der Waals surface area contributed by atoms with Gasteiger partial charge in [0.25, 0.3) is 0 Å². The molecule has 0 unspecified atom stereocenters. The zero-order valence-electron chi connectivity index (χ0n) is 16.6. The summed E-state index contributed by atoms with van der Waals surface area (Å²) in [7, 11) is 3.21. The van der Waals surface area contributed by atoms with Gasteiger partial charge in [-0.3, -0.25) is 0 Å². The van der Waals surface area contributed by atoms with Gasteiger partial charge in [-0.2, -0.15) is 0 Å². The minimum absolute atomic E-state index is 0.287. The Balaban J connectivity index is 2.49. The number of para-hydroxylation sites is 1. The fourth-order valence-electron chi connectivity index (χ4n) is 3.12. The lowest BCUT2D eigenvalue weighted by molar-refractivity contribution is 0.0524. The first-order valence-corrected chi connectivity index (χ1v) is 9.19. The minimum Gasteiger partial charge on any atom is -0.497 e. The van der Waals surface area contributed by atoms with Crippen molar-refractivity contribution in [3.8, 4) is 11.5 Å². The Morgan fingerprint density at radius 3 is 2.43 bits per heavy atom. The van der Waals surface area contributed by atoms with Gasteiger partial charge in [0.15, 0.2) is 0 Å². The van der Waals surface area contributed by atoms with Gasteiger partial charge in [-0.1, -0.05) is 18.2 Å². The molecule has 0 saturated heterocycles. The van der Waals surface area contributed by atoms with E-state index in [1.807, 2.05) is 54.0 Å². The second kappa shape index (κ2) is 8.61. The molecule has 2 aromatic carbocycles. The van der Waals surface area contributed by atoms with Crippen LogP contribution < -0.4 is 14.8 Å². The van der Waals surface area contributed by atoms with Crippen LogP contribution in [0.15, 0.2) is 53.7 Å². The lowest BCUT2D eigenvalue weighted by atomic mass is 10.1. The van der Waals surface area contributed by atoms with Gasteiger partial charge in [0, 0.05) is 24.2 Å². The molecular formula is C22H24N2O4. The molecule has 1 aromatic heterocycles. The highest BCUT2D eigenvalue weighted by atomic mass is 16.5. The fourth-order valence-corrected chi connectivity index (χ4v) is 3.12. The van der Waals surface area contributed by atoms with Gasteiger partial charge in [-0.05, 0) is 32.0 Å². The number of carbonyl (C=O) groups excluding carboxylic acids is 1. The number of methoxy groups -OCH3 is 2. The number of esters is 1. The quantitative estimate of drug-likeness (QED) is 0.605. The maximum Gasteiger partial charge on any atom is 0.341 e. The first-order chi connectivity index (χ1) is 13.6. The molecule has 3 rings (SSSR count). The Morgan fingerprint density at radius 1 is 1.07 bits per heavy atom. The summed E-state index contributed by atoms with van der Waals surface area (Å²) >= 11 is 0. The molecule has 0 aliphatic carbocycles. The van der Waals surface area contributed by atoms with E-state index in [4.69, 9.17) is 19.2 Å².